The van der Waals surface area contributed by atoms with E-state index in [1.54, 1.807) is 21.6 Å². The van der Waals surface area contributed by atoms with Gasteiger partial charge < -0.3 is 11.1 Å². The van der Waals surface area contributed by atoms with Crippen molar-refractivity contribution in [3.63, 3.8) is 0 Å². The molecule has 0 radical (unpaired) electrons. The van der Waals surface area contributed by atoms with Crippen LogP contribution >= 0.6 is 15.9 Å². The maximum absolute atomic E-state index is 12.4. The first kappa shape index (κ1) is 15.7. The number of aromatic nitrogens is 4. The normalized spacial score (nSPS) is 13.9. The molecule has 7 nitrogen and oxygen atoms in total. The van der Waals surface area contributed by atoms with Gasteiger partial charge in [-0.15, -0.1) is 0 Å². The van der Waals surface area contributed by atoms with Gasteiger partial charge in [0.15, 0.2) is 0 Å². The summed E-state index contributed by atoms with van der Waals surface area (Å²) in [5.41, 5.74) is 6.89. The fraction of sp³-hybridized carbons (Fsp3) is 0.267. The second-order valence-electron chi connectivity index (χ2n) is 5.74. The van der Waals surface area contributed by atoms with Crippen molar-refractivity contribution in [2.24, 2.45) is 5.73 Å². The molecule has 0 bridgehead atoms. The lowest BCUT2D eigenvalue weighted by atomic mass is 10.0. The quantitative estimate of drug-likeness (QED) is 0.659. The highest BCUT2D eigenvalue weighted by molar-refractivity contribution is 9.10. The van der Waals surface area contributed by atoms with E-state index in [1.807, 2.05) is 37.4 Å². The predicted molar refractivity (Wildman–Crippen MR) is 90.0 cm³/mol. The van der Waals surface area contributed by atoms with Crippen LogP contribution in [0, 0.1) is 0 Å². The lowest BCUT2D eigenvalue weighted by Gasteiger charge is -2.24. The van der Waals surface area contributed by atoms with Crippen LogP contribution in [0.15, 0.2) is 47.5 Å². The van der Waals surface area contributed by atoms with Gasteiger partial charge >= 0.3 is 0 Å². The molecule has 1 amide bonds. The smallest absolute Gasteiger partial charge is 0.255 e. The van der Waals surface area contributed by atoms with Crippen molar-refractivity contribution in [3.8, 4) is 0 Å². The first-order valence-electron chi connectivity index (χ1n) is 7.13. The monoisotopic (exact) mass is 376 g/mol. The Hall–Kier alpha value is -2.19. The Balaban J connectivity index is 1.70. The van der Waals surface area contributed by atoms with E-state index in [0.717, 1.165) is 10.1 Å². The molecular weight excluding hydrogens is 360 g/mol. The Morgan fingerprint density at radius 1 is 1.39 bits per heavy atom. The highest BCUT2D eigenvalue weighted by atomic mass is 79.9. The fourth-order valence-corrected chi connectivity index (χ4v) is 2.79. The molecule has 8 heteroatoms. The zero-order chi connectivity index (χ0) is 16.4. The van der Waals surface area contributed by atoms with E-state index in [0.29, 0.717) is 18.7 Å². The Kier molecular flexibility index (Phi) is 4.18. The summed E-state index contributed by atoms with van der Waals surface area (Å²) in [5.74, 6) is -0.199. The second-order valence-corrected chi connectivity index (χ2v) is 6.56. The molecule has 3 rings (SSSR count). The molecule has 1 unspecified atom stereocenters. The van der Waals surface area contributed by atoms with Crippen LogP contribution in [-0.2, 0) is 6.54 Å². The molecule has 0 fully saturated rings. The second kappa shape index (κ2) is 6.13. The van der Waals surface area contributed by atoms with Crippen LogP contribution in [-0.4, -0.2) is 37.4 Å². The van der Waals surface area contributed by atoms with E-state index in [2.05, 4.69) is 31.4 Å². The van der Waals surface area contributed by atoms with Crippen LogP contribution in [0.4, 0.5) is 0 Å². The number of halogens is 1. The van der Waals surface area contributed by atoms with Crippen LogP contribution in [0.5, 0.6) is 0 Å². The molecule has 3 aromatic rings. The highest BCUT2D eigenvalue weighted by Crippen LogP contribution is 2.16. The fourth-order valence-electron chi connectivity index (χ4n) is 2.35. The number of nitrogens with zero attached hydrogens (tertiary/aromatic N) is 4. The molecule has 0 saturated heterocycles. The third-order valence-electron chi connectivity index (χ3n) is 3.48. The molecule has 120 valence electrons. The molecule has 0 aromatic carbocycles. The molecule has 3 heterocycles. The van der Waals surface area contributed by atoms with Crippen molar-refractivity contribution < 1.29 is 4.79 Å². The summed E-state index contributed by atoms with van der Waals surface area (Å²) < 4.78 is 4.20. The molecule has 0 aliphatic heterocycles. The zero-order valence-electron chi connectivity index (χ0n) is 12.6. The number of rotatable bonds is 5. The predicted octanol–water partition coefficient (Wildman–Crippen LogP) is 1.44. The van der Waals surface area contributed by atoms with Crippen LogP contribution in [0.2, 0.25) is 0 Å². The van der Waals surface area contributed by atoms with Crippen LogP contribution in [0.25, 0.3) is 5.52 Å². The van der Waals surface area contributed by atoms with Gasteiger partial charge in [-0.3, -0.25) is 9.48 Å². The number of pyridine rings is 1. The lowest BCUT2D eigenvalue weighted by molar-refractivity contribution is 0.0944. The summed E-state index contributed by atoms with van der Waals surface area (Å²) in [6.45, 7) is 2.72. The van der Waals surface area contributed by atoms with E-state index < -0.39 is 5.54 Å². The number of carbonyl (C=O) groups is 1. The van der Waals surface area contributed by atoms with E-state index in [1.165, 1.54) is 0 Å². The Morgan fingerprint density at radius 2 is 2.22 bits per heavy atom. The van der Waals surface area contributed by atoms with Gasteiger partial charge in [-0.05, 0) is 41.1 Å². The average molecular weight is 377 g/mol. The van der Waals surface area contributed by atoms with Gasteiger partial charge in [0.05, 0.1) is 29.4 Å². The van der Waals surface area contributed by atoms with E-state index in [-0.39, 0.29) is 5.91 Å². The van der Waals surface area contributed by atoms with Gasteiger partial charge in [-0.1, -0.05) is 6.07 Å². The van der Waals surface area contributed by atoms with Gasteiger partial charge in [-0.25, -0.2) is 4.52 Å². The van der Waals surface area contributed by atoms with Gasteiger partial charge in [-0.2, -0.15) is 10.2 Å². The summed E-state index contributed by atoms with van der Waals surface area (Å²) in [6, 6.07) is 7.41. The van der Waals surface area contributed by atoms with Crippen molar-refractivity contribution >= 4 is 27.4 Å². The number of fused-ring (bicyclic) bond motifs is 1. The summed E-state index contributed by atoms with van der Waals surface area (Å²) in [6.07, 6.45) is 5.10. The standard InChI is InChI=1S/C15H17BrN6O/c1-15(17,10-21-7-3-6-19-21)9-18-14(23)11-8-20-22-12(11)4-2-5-13(22)16/h2-8H,9-10,17H2,1H3,(H,18,23). The number of nitrogens with one attached hydrogen (secondary N) is 1. The number of carbonyl (C=O) groups excluding carboxylic acids is 1. The lowest BCUT2D eigenvalue weighted by Crippen LogP contribution is -2.50. The van der Waals surface area contributed by atoms with Crippen molar-refractivity contribution in [1.29, 1.82) is 0 Å². The average Bonchev–Trinajstić information content (AvgIpc) is 3.14. The van der Waals surface area contributed by atoms with Crippen molar-refractivity contribution in [3.05, 3.63) is 53.0 Å². The molecule has 23 heavy (non-hydrogen) atoms. The summed E-state index contributed by atoms with van der Waals surface area (Å²) >= 11 is 3.40. The zero-order valence-corrected chi connectivity index (χ0v) is 14.2. The molecule has 0 spiro atoms. The van der Waals surface area contributed by atoms with Crippen LogP contribution < -0.4 is 11.1 Å². The first-order valence-corrected chi connectivity index (χ1v) is 7.92. The molecule has 0 aliphatic rings. The van der Waals surface area contributed by atoms with E-state index in [9.17, 15) is 4.79 Å². The number of amides is 1. The van der Waals surface area contributed by atoms with Crippen molar-refractivity contribution in [1.82, 2.24) is 24.7 Å². The molecular formula is C15H17BrN6O. The molecule has 3 aromatic heterocycles. The maximum Gasteiger partial charge on any atom is 0.255 e. The maximum atomic E-state index is 12.4. The first-order chi connectivity index (χ1) is 11.0. The topological polar surface area (TPSA) is 90.2 Å². The van der Waals surface area contributed by atoms with Gasteiger partial charge in [0, 0.05) is 18.9 Å². The minimum absolute atomic E-state index is 0.199. The summed E-state index contributed by atoms with van der Waals surface area (Å²) in [7, 11) is 0. The van der Waals surface area contributed by atoms with Gasteiger partial charge in [0.2, 0.25) is 0 Å². The van der Waals surface area contributed by atoms with Crippen molar-refractivity contribution in [2.45, 2.75) is 19.0 Å². The third kappa shape index (κ3) is 3.43. The molecule has 0 saturated carbocycles. The van der Waals surface area contributed by atoms with Crippen molar-refractivity contribution in [2.75, 3.05) is 6.54 Å². The van der Waals surface area contributed by atoms with E-state index in [4.69, 9.17) is 5.73 Å². The Morgan fingerprint density at radius 3 is 2.96 bits per heavy atom. The molecule has 0 aliphatic carbocycles. The van der Waals surface area contributed by atoms with Gasteiger partial charge in [0.1, 0.15) is 4.60 Å². The Bertz CT molecular complexity index is 824. The number of hydrogen-bond donors (Lipinski definition) is 2. The van der Waals surface area contributed by atoms with Gasteiger partial charge in [0.25, 0.3) is 5.91 Å². The minimum Gasteiger partial charge on any atom is -0.350 e. The number of hydrogen-bond acceptors (Lipinski definition) is 4. The third-order valence-corrected chi connectivity index (χ3v) is 4.08. The molecule has 1 atom stereocenters. The highest BCUT2D eigenvalue weighted by Gasteiger charge is 2.22. The SMILES string of the molecule is CC(N)(CNC(=O)c1cnn2c(Br)cccc12)Cn1cccn1. The summed E-state index contributed by atoms with van der Waals surface area (Å²) in [4.78, 5) is 12.4. The van der Waals surface area contributed by atoms with Crippen LogP contribution in [0.3, 0.4) is 0 Å². The molecule has 3 N–H and O–H groups in total. The largest absolute Gasteiger partial charge is 0.350 e. The van der Waals surface area contributed by atoms with E-state index >= 15 is 0 Å². The number of nitrogens with two attached hydrogens (primary N) is 1. The summed E-state index contributed by atoms with van der Waals surface area (Å²) in [5, 5.41) is 11.2. The minimum atomic E-state index is -0.606. The Labute approximate surface area is 141 Å². The van der Waals surface area contributed by atoms with Crippen LogP contribution in [0.1, 0.15) is 17.3 Å².